The molecule has 0 atom stereocenters. The lowest BCUT2D eigenvalue weighted by atomic mass is 10.2. The van der Waals surface area contributed by atoms with Gasteiger partial charge in [-0.15, -0.1) is 0 Å². The zero-order valence-corrected chi connectivity index (χ0v) is 12.6. The van der Waals surface area contributed by atoms with Gasteiger partial charge in [-0.2, -0.15) is 0 Å². The van der Waals surface area contributed by atoms with Gasteiger partial charge in [0.2, 0.25) is 0 Å². The van der Waals surface area contributed by atoms with E-state index in [0.717, 1.165) is 24.6 Å². The summed E-state index contributed by atoms with van der Waals surface area (Å²) in [5, 5.41) is 3.55. The van der Waals surface area contributed by atoms with Gasteiger partial charge in [-0.05, 0) is 37.4 Å². The maximum Gasteiger partial charge on any atom is 0.152 e. The molecule has 0 aliphatic heterocycles. The number of pyridine rings is 1. The predicted octanol–water partition coefficient (Wildman–Crippen LogP) is 2.68. The average molecular weight is 272 g/mol. The Labute approximate surface area is 120 Å². The van der Waals surface area contributed by atoms with Crippen molar-refractivity contribution in [2.24, 2.45) is 5.92 Å². The van der Waals surface area contributed by atoms with Gasteiger partial charge in [0.25, 0.3) is 0 Å². The maximum absolute atomic E-state index is 4.82. The van der Waals surface area contributed by atoms with Gasteiger partial charge in [0.1, 0.15) is 5.65 Å². The SMILES string of the molecule is CC(C)CNCc1c(N(C)C2CC2)nc2ccccn12. The Bertz CT molecular complexity index is 583. The molecule has 0 amide bonds. The highest BCUT2D eigenvalue weighted by molar-refractivity contribution is 5.56. The lowest BCUT2D eigenvalue weighted by molar-refractivity contribution is 0.547. The van der Waals surface area contributed by atoms with Crippen molar-refractivity contribution < 1.29 is 0 Å². The minimum Gasteiger partial charge on any atom is -0.355 e. The third-order valence-corrected chi connectivity index (χ3v) is 3.88. The van der Waals surface area contributed by atoms with Crippen LogP contribution in [0.1, 0.15) is 32.4 Å². The molecule has 1 saturated carbocycles. The number of aromatic nitrogens is 2. The van der Waals surface area contributed by atoms with Crippen LogP contribution in [0.2, 0.25) is 0 Å². The molecule has 4 nitrogen and oxygen atoms in total. The number of nitrogens with zero attached hydrogens (tertiary/aromatic N) is 3. The van der Waals surface area contributed by atoms with Crippen molar-refractivity contribution in [2.45, 2.75) is 39.3 Å². The minimum atomic E-state index is 0.666. The van der Waals surface area contributed by atoms with E-state index in [9.17, 15) is 0 Å². The number of rotatable bonds is 6. The molecule has 20 heavy (non-hydrogen) atoms. The van der Waals surface area contributed by atoms with E-state index >= 15 is 0 Å². The molecule has 0 radical (unpaired) electrons. The molecular formula is C16H24N4. The third-order valence-electron chi connectivity index (χ3n) is 3.88. The van der Waals surface area contributed by atoms with Crippen molar-refractivity contribution in [3.8, 4) is 0 Å². The van der Waals surface area contributed by atoms with Crippen LogP contribution >= 0.6 is 0 Å². The fraction of sp³-hybridized carbons (Fsp3) is 0.562. The summed E-state index contributed by atoms with van der Waals surface area (Å²) in [6.07, 6.45) is 4.70. The highest BCUT2D eigenvalue weighted by Gasteiger charge is 2.29. The summed E-state index contributed by atoms with van der Waals surface area (Å²) in [5.41, 5.74) is 2.31. The molecule has 0 unspecified atom stereocenters. The van der Waals surface area contributed by atoms with E-state index in [0.29, 0.717) is 12.0 Å². The monoisotopic (exact) mass is 272 g/mol. The molecule has 0 saturated heterocycles. The van der Waals surface area contributed by atoms with Crippen LogP contribution in [0.25, 0.3) is 5.65 Å². The Morgan fingerprint density at radius 3 is 2.90 bits per heavy atom. The molecule has 1 fully saturated rings. The van der Waals surface area contributed by atoms with Gasteiger partial charge in [-0.1, -0.05) is 19.9 Å². The second-order valence-electron chi connectivity index (χ2n) is 6.18. The molecule has 2 aromatic heterocycles. The van der Waals surface area contributed by atoms with Crippen LogP contribution in [0.3, 0.4) is 0 Å². The molecule has 1 aliphatic carbocycles. The van der Waals surface area contributed by atoms with Gasteiger partial charge in [-0.3, -0.25) is 0 Å². The second kappa shape index (κ2) is 5.44. The number of nitrogens with one attached hydrogen (secondary N) is 1. The normalized spacial score (nSPS) is 15.2. The summed E-state index contributed by atoms with van der Waals surface area (Å²) >= 11 is 0. The van der Waals surface area contributed by atoms with E-state index in [1.165, 1.54) is 18.5 Å². The first-order valence-electron chi connectivity index (χ1n) is 7.56. The smallest absolute Gasteiger partial charge is 0.152 e. The number of anilines is 1. The highest BCUT2D eigenvalue weighted by atomic mass is 15.3. The Hall–Kier alpha value is -1.55. The van der Waals surface area contributed by atoms with E-state index < -0.39 is 0 Å². The Morgan fingerprint density at radius 2 is 2.20 bits per heavy atom. The second-order valence-corrected chi connectivity index (χ2v) is 6.18. The van der Waals surface area contributed by atoms with Crippen LogP contribution in [0.15, 0.2) is 24.4 Å². The lowest BCUT2D eigenvalue weighted by Crippen LogP contribution is -2.25. The van der Waals surface area contributed by atoms with Gasteiger partial charge >= 0.3 is 0 Å². The number of hydrogen-bond acceptors (Lipinski definition) is 3. The summed E-state index contributed by atoms with van der Waals surface area (Å²) < 4.78 is 2.21. The molecular weight excluding hydrogens is 248 g/mol. The van der Waals surface area contributed by atoms with Crippen LogP contribution in [-0.2, 0) is 6.54 Å². The standard InChI is InChI=1S/C16H24N4/c1-12(2)10-17-11-14-16(19(3)13-7-8-13)18-15-6-4-5-9-20(14)15/h4-6,9,12-13,17H,7-8,10-11H2,1-3H3. The Balaban J connectivity index is 1.90. The third kappa shape index (κ3) is 2.66. The van der Waals surface area contributed by atoms with Gasteiger partial charge in [-0.25, -0.2) is 4.98 Å². The van der Waals surface area contributed by atoms with E-state index in [-0.39, 0.29) is 0 Å². The van der Waals surface area contributed by atoms with Crippen LogP contribution < -0.4 is 10.2 Å². The first-order valence-corrected chi connectivity index (χ1v) is 7.56. The quantitative estimate of drug-likeness (QED) is 0.877. The van der Waals surface area contributed by atoms with Crippen LogP contribution in [0.4, 0.5) is 5.82 Å². The molecule has 4 heteroatoms. The average Bonchev–Trinajstić information content (AvgIpc) is 3.21. The van der Waals surface area contributed by atoms with E-state index in [1.54, 1.807) is 0 Å². The number of imidazole rings is 1. The van der Waals surface area contributed by atoms with Crippen molar-refractivity contribution >= 4 is 11.5 Å². The summed E-state index contributed by atoms with van der Waals surface area (Å²) in [6, 6.07) is 6.88. The fourth-order valence-corrected chi connectivity index (χ4v) is 2.59. The van der Waals surface area contributed by atoms with Crippen LogP contribution in [-0.4, -0.2) is 29.0 Å². The van der Waals surface area contributed by atoms with Crippen LogP contribution in [0.5, 0.6) is 0 Å². The minimum absolute atomic E-state index is 0.666. The molecule has 1 N–H and O–H groups in total. The Morgan fingerprint density at radius 1 is 1.40 bits per heavy atom. The molecule has 2 aromatic rings. The largest absolute Gasteiger partial charge is 0.355 e. The molecule has 0 aromatic carbocycles. The fourth-order valence-electron chi connectivity index (χ4n) is 2.59. The van der Waals surface area contributed by atoms with Gasteiger partial charge in [0.15, 0.2) is 5.82 Å². The van der Waals surface area contributed by atoms with Crippen molar-refractivity contribution in [1.29, 1.82) is 0 Å². The lowest BCUT2D eigenvalue weighted by Gasteiger charge is -2.18. The molecule has 1 aliphatic rings. The summed E-state index contributed by atoms with van der Waals surface area (Å²) in [5.74, 6) is 1.80. The summed E-state index contributed by atoms with van der Waals surface area (Å²) in [7, 11) is 2.17. The number of fused-ring (bicyclic) bond motifs is 1. The van der Waals surface area contributed by atoms with Crippen LogP contribution in [0, 0.1) is 5.92 Å². The van der Waals surface area contributed by atoms with E-state index in [2.05, 4.69) is 59.9 Å². The van der Waals surface area contributed by atoms with Crippen molar-refractivity contribution in [1.82, 2.24) is 14.7 Å². The first-order chi connectivity index (χ1) is 9.66. The highest BCUT2D eigenvalue weighted by Crippen LogP contribution is 2.32. The predicted molar refractivity (Wildman–Crippen MR) is 83.2 cm³/mol. The maximum atomic E-state index is 4.82. The molecule has 2 heterocycles. The van der Waals surface area contributed by atoms with Crippen molar-refractivity contribution in [2.75, 3.05) is 18.5 Å². The molecule has 0 bridgehead atoms. The van der Waals surface area contributed by atoms with Crippen molar-refractivity contribution in [3.63, 3.8) is 0 Å². The first kappa shape index (κ1) is 13.4. The van der Waals surface area contributed by atoms with Crippen molar-refractivity contribution in [3.05, 3.63) is 30.1 Å². The Kier molecular flexibility index (Phi) is 3.66. The molecule has 0 spiro atoms. The van der Waals surface area contributed by atoms with E-state index in [1.807, 2.05) is 0 Å². The van der Waals surface area contributed by atoms with Gasteiger partial charge in [0, 0.05) is 25.8 Å². The molecule has 3 rings (SSSR count). The molecule has 108 valence electrons. The number of hydrogen-bond donors (Lipinski definition) is 1. The summed E-state index contributed by atoms with van der Waals surface area (Å²) in [6.45, 7) is 6.37. The van der Waals surface area contributed by atoms with E-state index in [4.69, 9.17) is 4.98 Å². The van der Waals surface area contributed by atoms with Gasteiger partial charge in [0.05, 0.1) is 5.69 Å². The summed E-state index contributed by atoms with van der Waals surface area (Å²) in [4.78, 5) is 7.17. The topological polar surface area (TPSA) is 32.6 Å². The zero-order valence-electron chi connectivity index (χ0n) is 12.6. The zero-order chi connectivity index (χ0) is 14.1. The van der Waals surface area contributed by atoms with Gasteiger partial charge < -0.3 is 14.6 Å².